The van der Waals surface area contributed by atoms with Gasteiger partial charge < -0.3 is 9.47 Å². The molecule has 3 nitrogen and oxygen atoms in total. The third kappa shape index (κ3) is 3.05. The zero-order valence-electron chi connectivity index (χ0n) is 11.0. The monoisotopic (exact) mass is 253 g/mol. The Hall–Kier alpha value is -2.47. The lowest BCUT2D eigenvalue weighted by molar-refractivity contribution is 0.391. The first-order chi connectivity index (χ1) is 9.26. The maximum Gasteiger partial charge on any atom is 0.126 e. The Morgan fingerprint density at radius 3 is 2.32 bits per heavy atom. The Labute approximate surface area is 113 Å². The fraction of sp³-hybridized carbons (Fsp3) is 0.188. The van der Waals surface area contributed by atoms with Gasteiger partial charge in [-0.05, 0) is 29.3 Å². The standard InChI is InChI=1S/C16H15NO2/c1-18-15-8-7-14(16(10-15)19-2)9-12-3-5-13(11-17)6-4-12/h3-8,10H,9H2,1-2H3. The highest BCUT2D eigenvalue weighted by Gasteiger charge is 2.06. The fourth-order valence-corrected chi connectivity index (χ4v) is 1.91. The molecule has 0 bridgehead atoms. The average Bonchev–Trinajstić information content (AvgIpc) is 2.48. The lowest BCUT2D eigenvalue weighted by Crippen LogP contribution is -1.95. The Morgan fingerprint density at radius 1 is 1.00 bits per heavy atom. The van der Waals surface area contributed by atoms with Crippen LogP contribution in [0.15, 0.2) is 42.5 Å². The summed E-state index contributed by atoms with van der Waals surface area (Å²) < 4.78 is 10.5. The molecule has 0 atom stereocenters. The van der Waals surface area contributed by atoms with Crippen molar-refractivity contribution in [1.29, 1.82) is 5.26 Å². The van der Waals surface area contributed by atoms with Crippen molar-refractivity contribution >= 4 is 0 Å². The molecule has 2 aromatic carbocycles. The zero-order chi connectivity index (χ0) is 13.7. The molecule has 0 spiro atoms. The van der Waals surface area contributed by atoms with Crippen molar-refractivity contribution in [3.05, 3.63) is 59.2 Å². The van der Waals surface area contributed by atoms with Crippen LogP contribution < -0.4 is 9.47 Å². The van der Waals surface area contributed by atoms with Gasteiger partial charge in [-0.15, -0.1) is 0 Å². The van der Waals surface area contributed by atoms with E-state index in [2.05, 4.69) is 6.07 Å². The molecule has 2 rings (SSSR count). The van der Waals surface area contributed by atoms with Crippen molar-refractivity contribution in [3.8, 4) is 17.6 Å². The van der Waals surface area contributed by atoms with E-state index in [-0.39, 0.29) is 0 Å². The number of benzene rings is 2. The number of nitrogens with zero attached hydrogens (tertiary/aromatic N) is 1. The molecule has 0 amide bonds. The molecule has 96 valence electrons. The van der Waals surface area contributed by atoms with Gasteiger partial charge in [-0.2, -0.15) is 5.26 Å². The highest BCUT2D eigenvalue weighted by molar-refractivity contribution is 5.44. The van der Waals surface area contributed by atoms with Crippen LogP contribution in [0.5, 0.6) is 11.5 Å². The van der Waals surface area contributed by atoms with Crippen LogP contribution in [0.1, 0.15) is 16.7 Å². The molecule has 0 fully saturated rings. The van der Waals surface area contributed by atoms with E-state index in [1.54, 1.807) is 14.2 Å². The van der Waals surface area contributed by atoms with E-state index in [0.717, 1.165) is 29.0 Å². The number of hydrogen-bond donors (Lipinski definition) is 0. The molecule has 0 aliphatic rings. The zero-order valence-corrected chi connectivity index (χ0v) is 11.0. The number of nitriles is 1. The second-order valence-electron chi connectivity index (χ2n) is 4.16. The predicted octanol–water partition coefficient (Wildman–Crippen LogP) is 3.17. The smallest absolute Gasteiger partial charge is 0.126 e. The van der Waals surface area contributed by atoms with E-state index in [0.29, 0.717) is 5.56 Å². The van der Waals surface area contributed by atoms with Crippen molar-refractivity contribution in [2.75, 3.05) is 14.2 Å². The molecule has 0 aromatic heterocycles. The third-order valence-corrected chi connectivity index (χ3v) is 2.97. The van der Waals surface area contributed by atoms with Gasteiger partial charge in [0.05, 0.1) is 25.9 Å². The van der Waals surface area contributed by atoms with Crippen LogP contribution in [0.4, 0.5) is 0 Å². The Balaban J connectivity index is 2.24. The van der Waals surface area contributed by atoms with Gasteiger partial charge in [0.15, 0.2) is 0 Å². The van der Waals surface area contributed by atoms with Crippen molar-refractivity contribution in [1.82, 2.24) is 0 Å². The number of ether oxygens (including phenoxy) is 2. The fourth-order valence-electron chi connectivity index (χ4n) is 1.91. The Bertz CT molecular complexity index is 597. The van der Waals surface area contributed by atoms with Crippen molar-refractivity contribution in [2.24, 2.45) is 0 Å². The molecule has 3 heteroatoms. The molecular formula is C16H15NO2. The van der Waals surface area contributed by atoms with E-state index in [1.165, 1.54) is 0 Å². The Kier molecular flexibility index (Phi) is 4.04. The topological polar surface area (TPSA) is 42.2 Å². The van der Waals surface area contributed by atoms with E-state index >= 15 is 0 Å². The van der Waals surface area contributed by atoms with Gasteiger partial charge in [0.2, 0.25) is 0 Å². The summed E-state index contributed by atoms with van der Waals surface area (Å²) in [6.07, 6.45) is 0.763. The lowest BCUT2D eigenvalue weighted by atomic mass is 10.0. The highest BCUT2D eigenvalue weighted by atomic mass is 16.5. The summed E-state index contributed by atoms with van der Waals surface area (Å²) in [5.41, 5.74) is 2.90. The minimum absolute atomic E-state index is 0.672. The van der Waals surface area contributed by atoms with E-state index in [9.17, 15) is 0 Å². The van der Waals surface area contributed by atoms with Gasteiger partial charge in [0.25, 0.3) is 0 Å². The SMILES string of the molecule is COc1ccc(Cc2ccc(C#N)cc2)c(OC)c1. The Morgan fingerprint density at radius 2 is 1.74 bits per heavy atom. The largest absolute Gasteiger partial charge is 0.497 e. The minimum Gasteiger partial charge on any atom is -0.497 e. The lowest BCUT2D eigenvalue weighted by Gasteiger charge is -2.10. The average molecular weight is 253 g/mol. The van der Waals surface area contributed by atoms with Crippen molar-refractivity contribution < 1.29 is 9.47 Å². The van der Waals surface area contributed by atoms with Gasteiger partial charge >= 0.3 is 0 Å². The van der Waals surface area contributed by atoms with Gasteiger partial charge in [0, 0.05) is 12.5 Å². The highest BCUT2D eigenvalue weighted by Crippen LogP contribution is 2.26. The minimum atomic E-state index is 0.672. The van der Waals surface area contributed by atoms with Gasteiger partial charge in [-0.25, -0.2) is 0 Å². The summed E-state index contributed by atoms with van der Waals surface area (Å²) in [5, 5.41) is 8.77. The summed E-state index contributed by atoms with van der Waals surface area (Å²) >= 11 is 0. The molecule has 0 N–H and O–H groups in total. The summed E-state index contributed by atoms with van der Waals surface area (Å²) in [6, 6.07) is 15.5. The molecule has 19 heavy (non-hydrogen) atoms. The normalized spacial score (nSPS) is 9.74. The predicted molar refractivity (Wildman–Crippen MR) is 73.5 cm³/mol. The van der Waals surface area contributed by atoms with Gasteiger partial charge in [0.1, 0.15) is 11.5 Å². The quantitative estimate of drug-likeness (QED) is 0.840. The maximum atomic E-state index is 8.77. The van der Waals surface area contributed by atoms with Crippen LogP contribution in [0.25, 0.3) is 0 Å². The number of methoxy groups -OCH3 is 2. The van der Waals surface area contributed by atoms with Crippen molar-refractivity contribution in [2.45, 2.75) is 6.42 Å². The number of rotatable bonds is 4. The van der Waals surface area contributed by atoms with Crippen LogP contribution >= 0.6 is 0 Å². The van der Waals surface area contributed by atoms with E-state index < -0.39 is 0 Å². The molecule has 0 unspecified atom stereocenters. The van der Waals surface area contributed by atoms with E-state index in [1.807, 2.05) is 42.5 Å². The second kappa shape index (κ2) is 5.92. The molecule has 0 aliphatic heterocycles. The molecule has 0 saturated heterocycles. The first-order valence-corrected chi connectivity index (χ1v) is 5.96. The summed E-state index contributed by atoms with van der Waals surface area (Å²) in [7, 11) is 3.28. The van der Waals surface area contributed by atoms with Crippen LogP contribution in [-0.4, -0.2) is 14.2 Å². The number of hydrogen-bond acceptors (Lipinski definition) is 3. The molecule has 0 heterocycles. The van der Waals surface area contributed by atoms with Crippen LogP contribution in [0.3, 0.4) is 0 Å². The summed E-state index contributed by atoms with van der Waals surface area (Å²) in [4.78, 5) is 0. The van der Waals surface area contributed by atoms with E-state index in [4.69, 9.17) is 14.7 Å². The van der Waals surface area contributed by atoms with Crippen LogP contribution in [-0.2, 0) is 6.42 Å². The molecule has 0 aliphatic carbocycles. The summed E-state index contributed by atoms with van der Waals surface area (Å²) in [6.45, 7) is 0. The van der Waals surface area contributed by atoms with Gasteiger partial charge in [-0.1, -0.05) is 18.2 Å². The third-order valence-electron chi connectivity index (χ3n) is 2.97. The maximum absolute atomic E-state index is 8.77. The van der Waals surface area contributed by atoms with Crippen LogP contribution in [0.2, 0.25) is 0 Å². The molecule has 2 aromatic rings. The summed E-state index contributed by atoms with van der Waals surface area (Å²) in [5.74, 6) is 1.59. The first-order valence-electron chi connectivity index (χ1n) is 5.96. The van der Waals surface area contributed by atoms with Crippen molar-refractivity contribution in [3.63, 3.8) is 0 Å². The first kappa shape index (κ1) is 13.0. The van der Waals surface area contributed by atoms with Gasteiger partial charge in [-0.3, -0.25) is 0 Å². The second-order valence-corrected chi connectivity index (χ2v) is 4.16. The molecule has 0 saturated carbocycles. The van der Waals surface area contributed by atoms with Crippen LogP contribution in [0, 0.1) is 11.3 Å². The molecule has 0 radical (unpaired) electrons. The molecular weight excluding hydrogens is 238 g/mol.